The highest BCUT2D eigenvalue weighted by molar-refractivity contribution is 5.99. The van der Waals surface area contributed by atoms with Crippen molar-refractivity contribution in [1.82, 2.24) is 0 Å². The summed E-state index contributed by atoms with van der Waals surface area (Å²) in [6.45, 7) is -0.289. The summed E-state index contributed by atoms with van der Waals surface area (Å²) >= 11 is 0. The topological polar surface area (TPSA) is 61.8 Å². The van der Waals surface area contributed by atoms with E-state index in [2.05, 4.69) is 0 Å². The van der Waals surface area contributed by atoms with Crippen molar-refractivity contribution in [2.75, 3.05) is 13.4 Å². The van der Waals surface area contributed by atoms with Gasteiger partial charge in [-0.15, -0.1) is 0 Å². The van der Waals surface area contributed by atoms with Crippen LogP contribution >= 0.6 is 0 Å². The monoisotopic (exact) mass is 302 g/mol. The summed E-state index contributed by atoms with van der Waals surface area (Å²) in [5.41, 5.74) is 0.538. The van der Waals surface area contributed by atoms with Crippen LogP contribution in [-0.2, 0) is 4.74 Å². The average Bonchev–Trinajstić information content (AvgIpc) is 3.00. The van der Waals surface area contributed by atoms with Crippen LogP contribution in [0, 0.1) is 5.82 Å². The largest absolute Gasteiger partial charge is 0.454 e. The molecule has 5 nitrogen and oxygen atoms in total. The number of carbonyl (C=O) groups is 2. The second kappa shape index (κ2) is 5.85. The van der Waals surface area contributed by atoms with Crippen LogP contribution in [0.1, 0.15) is 20.7 Å². The van der Waals surface area contributed by atoms with Gasteiger partial charge in [-0.25, -0.2) is 9.18 Å². The normalized spacial score (nSPS) is 12.0. The fraction of sp³-hybridized carbons (Fsp3) is 0.125. The third kappa shape index (κ3) is 2.90. The van der Waals surface area contributed by atoms with E-state index in [-0.39, 0.29) is 18.1 Å². The Labute approximate surface area is 125 Å². The van der Waals surface area contributed by atoms with E-state index in [1.807, 2.05) is 0 Å². The van der Waals surface area contributed by atoms with Crippen molar-refractivity contribution in [2.45, 2.75) is 0 Å². The van der Waals surface area contributed by atoms with E-state index in [0.717, 1.165) is 12.1 Å². The van der Waals surface area contributed by atoms with Crippen molar-refractivity contribution in [3.63, 3.8) is 0 Å². The Morgan fingerprint density at radius 2 is 1.68 bits per heavy atom. The van der Waals surface area contributed by atoms with Gasteiger partial charge in [-0.1, -0.05) is 0 Å². The van der Waals surface area contributed by atoms with E-state index in [4.69, 9.17) is 14.2 Å². The minimum absolute atomic E-state index is 0.118. The molecule has 0 radical (unpaired) electrons. The van der Waals surface area contributed by atoms with E-state index in [1.165, 1.54) is 18.2 Å². The first-order valence-electron chi connectivity index (χ1n) is 6.49. The lowest BCUT2D eigenvalue weighted by Gasteiger charge is -2.05. The van der Waals surface area contributed by atoms with Crippen LogP contribution in [0.4, 0.5) is 4.39 Å². The second-order valence-corrected chi connectivity index (χ2v) is 4.57. The summed E-state index contributed by atoms with van der Waals surface area (Å²) in [7, 11) is 0. The van der Waals surface area contributed by atoms with E-state index in [9.17, 15) is 14.0 Å². The molecule has 1 aliphatic heterocycles. The van der Waals surface area contributed by atoms with Gasteiger partial charge in [0.2, 0.25) is 6.79 Å². The molecular weight excluding hydrogens is 291 g/mol. The molecule has 0 amide bonds. The SMILES string of the molecule is O=C(COC(=O)c1ccc(F)cc1)c1ccc2c(c1)OCO2. The fourth-order valence-electron chi connectivity index (χ4n) is 1.95. The molecule has 1 aliphatic rings. The zero-order chi connectivity index (χ0) is 15.5. The molecule has 1 heterocycles. The van der Waals surface area contributed by atoms with Gasteiger partial charge in [0.25, 0.3) is 0 Å². The molecule has 22 heavy (non-hydrogen) atoms. The number of Topliss-reactive ketones (excluding diaryl/α,β-unsaturated/α-hetero) is 1. The highest BCUT2D eigenvalue weighted by atomic mass is 19.1. The molecule has 112 valence electrons. The summed E-state index contributed by atoms with van der Waals surface area (Å²) in [4.78, 5) is 23.7. The van der Waals surface area contributed by atoms with E-state index < -0.39 is 18.4 Å². The third-order valence-corrected chi connectivity index (χ3v) is 3.11. The van der Waals surface area contributed by atoms with E-state index in [1.54, 1.807) is 12.1 Å². The number of ketones is 1. The smallest absolute Gasteiger partial charge is 0.338 e. The number of carbonyl (C=O) groups excluding carboxylic acids is 2. The minimum Gasteiger partial charge on any atom is -0.454 e. The van der Waals surface area contributed by atoms with Crippen LogP contribution in [-0.4, -0.2) is 25.2 Å². The minimum atomic E-state index is -0.686. The van der Waals surface area contributed by atoms with Crippen LogP contribution in [0.15, 0.2) is 42.5 Å². The number of fused-ring (bicyclic) bond motifs is 1. The zero-order valence-corrected chi connectivity index (χ0v) is 11.4. The molecule has 0 saturated heterocycles. The first-order valence-corrected chi connectivity index (χ1v) is 6.49. The van der Waals surface area contributed by atoms with Crippen LogP contribution < -0.4 is 9.47 Å². The van der Waals surface area contributed by atoms with Crippen molar-refractivity contribution < 1.29 is 28.2 Å². The molecule has 0 fully saturated rings. The summed E-state index contributed by atoms with van der Waals surface area (Å²) in [6, 6.07) is 9.62. The van der Waals surface area contributed by atoms with Crippen LogP contribution in [0.3, 0.4) is 0 Å². The summed E-state index contributed by atoms with van der Waals surface area (Å²) < 4.78 is 28.0. The maximum atomic E-state index is 12.8. The highest BCUT2D eigenvalue weighted by Gasteiger charge is 2.17. The van der Waals surface area contributed by atoms with E-state index >= 15 is 0 Å². The van der Waals surface area contributed by atoms with Crippen LogP contribution in [0.2, 0.25) is 0 Å². The van der Waals surface area contributed by atoms with Crippen molar-refractivity contribution in [1.29, 1.82) is 0 Å². The molecular formula is C16H11FO5. The Balaban J connectivity index is 1.62. The standard InChI is InChI=1S/C16H11FO5/c17-12-4-1-10(2-5-12)16(19)20-8-13(18)11-3-6-14-15(7-11)22-9-21-14/h1-7H,8-9H2. The molecule has 2 aromatic rings. The van der Waals surface area contributed by atoms with Gasteiger partial charge in [0.05, 0.1) is 5.56 Å². The van der Waals surface area contributed by atoms with Crippen molar-refractivity contribution >= 4 is 11.8 Å². The van der Waals surface area contributed by atoms with Gasteiger partial charge in [-0.3, -0.25) is 4.79 Å². The molecule has 6 heteroatoms. The van der Waals surface area contributed by atoms with Gasteiger partial charge in [0.15, 0.2) is 23.9 Å². The Morgan fingerprint density at radius 3 is 2.45 bits per heavy atom. The molecule has 2 aromatic carbocycles. The van der Waals surface area contributed by atoms with Gasteiger partial charge in [-0.2, -0.15) is 0 Å². The van der Waals surface area contributed by atoms with Crippen LogP contribution in [0.5, 0.6) is 11.5 Å². The van der Waals surface area contributed by atoms with Gasteiger partial charge in [0.1, 0.15) is 5.82 Å². The number of esters is 1. The van der Waals surface area contributed by atoms with Crippen molar-refractivity contribution in [3.05, 3.63) is 59.4 Å². The predicted octanol–water partition coefficient (Wildman–Crippen LogP) is 2.59. The van der Waals surface area contributed by atoms with Crippen molar-refractivity contribution in [2.24, 2.45) is 0 Å². The Bertz CT molecular complexity index is 724. The lowest BCUT2D eigenvalue weighted by atomic mass is 10.1. The maximum absolute atomic E-state index is 12.8. The van der Waals surface area contributed by atoms with Gasteiger partial charge in [-0.05, 0) is 42.5 Å². The first-order chi connectivity index (χ1) is 10.6. The molecule has 0 aromatic heterocycles. The Kier molecular flexibility index (Phi) is 3.74. The number of hydrogen-bond donors (Lipinski definition) is 0. The van der Waals surface area contributed by atoms with Gasteiger partial charge in [0, 0.05) is 5.56 Å². The molecule has 0 aliphatic carbocycles. The molecule has 0 unspecified atom stereocenters. The zero-order valence-electron chi connectivity index (χ0n) is 11.4. The number of hydrogen-bond acceptors (Lipinski definition) is 5. The fourth-order valence-corrected chi connectivity index (χ4v) is 1.95. The number of ether oxygens (including phenoxy) is 3. The third-order valence-electron chi connectivity index (χ3n) is 3.11. The Morgan fingerprint density at radius 1 is 1.00 bits per heavy atom. The van der Waals surface area contributed by atoms with Crippen LogP contribution in [0.25, 0.3) is 0 Å². The maximum Gasteiger partial charge on any atom is 0.338 e. The summed E-state index contributed by atoms with van der Waals surface area (Å²) in [5.74, 6) is -0.452. The molecule has 0 bridgehead atoms. The number of halogens is 1. The number of benzene rings is 2. The van der Waals surface area contributed by atoms with Gasteiger partial charge >= 0.3 is 5.97 Å². The highest BCUT2D eigenvalue weighted by Crippen LogP contribution is 2.32. The molecule has 0 atom stereocenters. The first kappa shape index (κ1) is 14.1. The average molecular weight is 302 g/mol. The lowest BCUT2D eigenvalue weighted by molar-refractivity contribution is 0.0474. The quantitative estimate of drug-likeness (QED) is 0.641. The summed E-state index contributed by atoms with van der Waals surface area (Å²) in [6.07, 6.45) is 0. The molecule has 0 N–H and O–H groups in total. The molecule has 0 spiro atoms. The molecule has 0 saturated carbocycles. The van der Waals surface area contributed by atoms with Crippen molar-refractivity contribution in [3.8, 4) is 11.5 Å². The second-order valence-electron chi connectivity index (χ2n) is 4.57. The van der Waals surface area contributed by atoms with Gasteiger partial charge < -0.3 is 14.2 Å². The van der Waals surface area contributed by atoms with E-state index in [0.29, 0.717) is 17.1 Å². The number of rotatable bonds is 4. The Hall–Kier alpha value is -2.89. The summed E-state index contributed by atoms with van der Waals surface area (Å²) in [5, 5.41) is 0. The molecule has 3 rings (SSSR count). The lowest BCUT2D eigenvalue weighted by Crippen LogP contribution is -2.14. The predicted molar refractivity (Wildman–Crippen MR) is 73.6 cm³/mol.